The molecule has 0 bridgehead atoms. The van der Waals surface area contributed by atoms with Crippen molar-refractivity contribution in [2.75, 3.05) is 19.8 Å². The minimum absolute atomic E-state index is 0.0397. The quantitative estimate of drug-likeness (QED) is 0.0347. The Morgan fingerprint density at radius 2 is 0.758 bits per heavy atom. The van der Waals surface area contributed by atoms with Gasteiger partial charge in [-0.15, -0.1) is 0 Å². The first-order chi connectivity index (χ1) is 30.6. The molecule has 0 fully saturated rings. The topological polar surface area (TPSA) is 61.8 Å². The van der Waals surface area contributed by atoms with E-state index in [1.54, 1.807) is 0 Å². The molecule has 1 unspecified atom stereocenters. The number of rotatable bonds is 46. The van der Waals surface area contributed by atoms with Crippen molar-refractivity contribution in [1.82, 2.24) is 0 Å². The second-order valence-corrected chi connectivity index (χ2v) is 16.7. The van der Waals surface area contributed by atoms with E-state index in [1.165, 1.54) is 109 Å². The number of hydrogen-bond donors (Lipinski definition) is 0. The van der Waals surface area contributed by atoms with Gasteiger partial charge in [0.15, 0.2) is 6.10 Å². The number of unbranched alkanes of at least 4 members (excludes halogenated alkanes) is 19. The molecule has 0 N–H and O–H groups in total. The Bertz CT molecular complexity index is 1200. The number of allylic oxidation sites excluding steroid dienone is 16. The molecule has 0 spiro atoms. The van der Waals surface area contributed by atoms with E-state index in [-0.39, 0.29) is 25.2 Å². The van der Waals surface area contributed by atoms with Crippen LogP contribution in [0.15, 0.2) is 97.2 Å². The Labute approximate surface area is 383 Å². The van der Waals surface area contributed by atoms with Crippen molar-refractivity contribution >= 4 is 11.9 Å². The lowest BCUT2D eigenvalue weighted by atomic mass is 10.1. The van der Waals surface area contributed by atoms with Gasteiger partial charge in [-0.3, -0.25) is 9.59 Å². The zero-order chi connectivity index (χ0) is 44.9. The SMILES string of the molecule is CC/C=C\C/C=C\C/C=C\C/C=C\C/C=C\C/C=C\CCC(=O)OCC(COCCCCCCCCCC/C=C\C/C=C\CCCCC)OC(=O)CCCCCCCCCCC. The van der Waals surface area contributed by atoms with Crippen LogP contribution in [-0.2, 0) is 23.8 Å². The van der Waals surface area contributed by atoms with Crippen LogP contribution in [0.2, 0.25) is 0 Å². The summed E-state index contributed by atoms with van der Waals surface area (Å²) in [4.78, 5) is 25.3. The molecule has 0 aromatic carbocycles. The lowest BCUT2D eigenvalue weighted by Crippen LogP contribution is -2.30. The number of carbonyl (C=O) groups excluding carboxylic acids is 2. The van der Waals surface area contributed by atoms with Crippen molar-refractivity contribution in [1.29, 1.82) is 0 Å². The third-order valence-corrected chi connectivity index (χ3v) is 10.6. The molecule has 0 aliphatic carbocycles. The molecule has 0 aromatic heterocycles. The lowest BCUT2D eigenvalue weighted by molar-refractivity contribution is -0.162. The van der Waals surface area contributed by atoms with E-state index >= 15 is 0 Å². The van der Waals surface area contributed by atoms with Crippen LogP contribution in [0.25, 0.3) is 0 Å². The predicted octanol–water partition coefficient (Wildman–Crippen LogP) is 17.5. The minimum atomic E-state index is -0.572. The fraction of sp³-hybridized carbons (Fsp3) is 0.684. The molecular weight excluding hydrogens is 765 g/mol. The largest absolute Gasteiger partial charge is 0.462 e. The Morgan fingerprint density at radius 3 is 1.26 bits per heavy atom. The van der Waals surface area contributed by atoms with Crippen LogP contribution in [0.3, 0.4) is 0 Å². The van der Waals surface area contributed by atoms with E-state index in [0.717, 1.165) is 77.0 Å². The van der Waals surface area contributed by atoms with Gasteiger partial charge in [0.1, 0.15) is 6.61 Å². The Hall–Kier alpha value is -3.18. The Balaban J connectivity index is 4.32. The Morgan fingerprint density at radius 1 is 0.371 bits per heavy atom. The van der Waals surface area contributed by atoms with Crippen molar-refractivity contribution in [2.24, 2.45) is 0 Å². The lowest BCUT2D eigenvalue weighted by Gasteiger charge is -2.18. The first kappa shape index (κ1) is 58.8. The molecule has 0 saturated carbocycles. The van der Waals surface area contributed by atoms with Gasteiger partial charge >= 0.3 is 11.9 Å². The van der Waals surface area contributed by atoms with Gasteiger partial charge in [-0.1, -0.05) is 221 Å². The summed E-state index contributed by atoms with van der Waals surface area (Å²) in [5.74, 6) is -0.501. The third-order valence-electron chi connectivity index (χ3n) is 10.6. The van der Waals surface area contributed by atoms with Crippen LogP contribution in [0, 0.1) is 0 Å². The summed E-state index contributed by atoms with van der Waals surface area (Å²) in [7, 11) is 0. The zero-order valence-corrected chi connectivity index (χ0v) is 40.6. The van der Waals surface area contributed by atoms with Crippen LogP contribution in [-0.4, -0.2) is 37.9 Å². The van der Waals surface area contributed by atoms with Crippen LogP contribution >= 0.6 is 0 Å². The van der Waals surface area contributed by atoms with Crippen LogP contribution in [0.4, 0.5) is 0 Å². The van der Waals surface area contributed by atoms with E-state index < -0.39 is 6.10 Å². The summed E-state index contributed by atoms with van der Waals surface area (Å²) in [5.41, 5.74) is 0. The molecule has 0 saturated heterocycles. The van der Waals surface area contributed by atoms with E-state index in [0.29, 0.717) is 25.9 Å². The average Bonchev–Trinajstić information content (AvgIpc) is 3.27. The summed E-state index contributed by atoms with van der Waals surface area (Å²) < 4.78 is 17.3. The maximum atomic E-state index is 12.7. The fourth-order valence-electron chi connectivity index (χ4n) is 6.80. The molecule has 1 atom stereocenters. The van der Waals surface area contributed by atoms with Gasteiger partial charge in [0.2, 0.25) is 0 Å². The van der Waals surface area contributed by atoms with E-state index in [4.69, 9.17) is 14.2 Å². The highest BCUT2D eigenvalue weighted by Gasteiger charge is 2.17. The van der Waals surface area contributed by atoms with Crippen molar-refractivity contribution in [2.45, 2.75) is 232 Å². The molecule has 0 aliphatic heterocycles. The molecule has 5 heteroatoms. The number of ether oxygens (including phenoxy) is 3. The van der Waals surface area contributed by atoms with Gasteiger partial charge in [0, 0.05) is 19.4 Å². The average molecular weight is 861 g/mol. The summed E-state index contributed by atoms with van der Waals surface area (Å²) >= 11 is 0. The molecule has 354 valence electrons. The summed E-state index contributed by atoms with van der Waals surface area (Å²) in [6, 6.07) is 0. The van der Waals surface area contributed by atoms with E-state index in [1.807, 2.05) is 6.08 Å². The highest BCUT2D eigenvalue weighted by atomic mass is 16.6. The van der Waals surface area contributed by atoms with Crippen molar-refractivity contribution in [3.63, 3.8) is 0 Å². The fourth-order valence-corrected chi connectivity index (χ4v) is 6.80. The first-order valence-electron chi connectivity index (χ1n) is 25.8. The molecule has 62 heavy (non-hydrogen) atoms. The summed E-state index contributed by atoms with van der Waals surface area (Å²) in [6.07, 6.45) is 70.0. The van der Waals surface area contributed by atoms with E-state index in [9.17, 15) is 9.59 Å². The van der Waals surface area contributed by atoms with Gasteiger partial charge < -0.3 is 14.2 Å². The van der Waals surface area contributed by atoms with Crippen molar-refractivity contribution in [3.05, 3.63) is 97.2 Å². The van der Waals surface area contributed by atoms with E-state index in [2.05, 4.69) is 112 Å². The molecule has 0 aliphatic rings. The smallest absolute Gasteiger partial charge is 0.306 e. The van der Waals surface area contributed by atoms with Gasteiger partial charge in [-0.05, 0) is 89.9 Å². The number of hydrogen-bond acceptors (Lipinski definition) is 5. The van der Waals surface area contributed by atoms with Gasteiger partial charge in [0.25, 0.3) is 0 Å². The summed E-state index contributed by atoms with van der Waals surface area (Å²) in [5, 5.41) is 0. The van der Waals surface area contributed by atoms with Crippen molar-refractivity contribution < 1.29 is 23.8 Å². The van der Waals surface area contributed by atoms with Gasteiger partial charge in [-0.25, -0.2) is 0 Å². The van der Waals surface area contributed by atoms with Gasteiger partial charge in [-0.2, -0.15) is 0 Å². The highest BCUT2D eigenvalue weighted by Crippen LogP contribution is 2.13. The predicted molar refractivity (Wildman–Crippen MR) is 270 cm³/mol. The molecular formula is C57H96O5. The highest BCUT2D eigenvalue weighted by molar-refractivity contribution is 5.70. The number of esters is 2. The molecule has 0 aromatic rings. The number of carbonyl (C=O) groups is 2. The molecule has 0 amide bonds. The normalized spacial score (nSPS) is 13.0. The third kappa shape index (κ3) is 49.5. The maximum Gasteiger partial charge on any atom is 0.306 e. The monoisotopic (exact) mass is 861 g/mol. The second-order valence-electron chi connectivity index (χ2n) is 16.7. The maximum absolute atomic E-state index is 12.7. The standard InChI is InChI=1S/C57H96O5/c1-4-7-10-13-16-19-21-23-25-27-29-30-32-34-36-39-41-44-47-50-56(58)61-54-55(62-57(59)51-48-45-42-38-18-15-12-9-6-3)53-60-52-49-46-43-40-37-35-33-31-28-26-24-22-20-17-14-11-8-5-2/h7,10,16-17,19-20,23-26,29-30,34,36,41,44,55H,4-6,8-9,11-15,18,21-22,27-28,31-33,35,37-40,42-43,45-54H2,1-3H3/b10-7-,19-16-,20-17-,25-23-,26-24-,30-29-,36-34-,44-41-. The molecule has 0 rings (SSSR count). The first-order valence-corrected chi connectivity index (χ1v) is 25.8. The van der Waals surface area contributed by atoms with Crippen LogP contribution in [0.1, 0.15) is 226 Å². The molecule has 0 radical (unpaired) electrons. The summed E-state index contributed by atoms with van der Waals surface area (Å²) in [6.45, 7) is 7.58. The van der Waals surface area contributed by atoms with Crippen LogP contribution in [0.5, 0.6) is 0 Å². The molecule has 0 heterocycles. The minimum Gasteiger partial charge on any atom is -0.462 e. The second kappa shape index (κ2) is 52.2. The zero-order valence-electron chi connectivity index (χ0n) is 40.6. The van der Waals surface area contributed by atoms with Gasteiger partial charge in [0.05, 0.1) is 6.61 Å². The Kier molecular flexibility index (Phi) is 49.5. The van der Waals surface area contributed by atoms with Crippen molar-refractivity contribution in [3.8, 4) is 0 Å². The van der Waals surface area contributed by atoms with Crippen LogP contribution < -0.4 is 0 Å². The molecule has 5 nitrogen and oxygen atoms in total.